The van der Waals surface area contributed by atoms with Gasteiger partial charge in [-0.25, -0.2) is 4.68 Å². The third-order valence-corrected chi connectivity index (χ3v) is 4.11. The maximum absolute atomic E-state index is 11.0. The van der Waals surface area contributed by atoms with Crippen molar-refractivity contribution in [2.45, 2.75) is 13.1 Å². The summed E-state index contributed by atoms with van der Waals surface area (Å²) in [6, 6.07) is 0. The van der Waals surface area contributed by atoms with Crippen LogP contribution in [0, 0.1) is 0 Å². The number of nitrogens with zero attached hydrogens (tertiary/aromatic N) is 6. The maximum Gasteiger partial charge on any atom is 0.317 e. The molecule has 1 aromatic heterocycles. The SMILES string of the molecule is [2H]C(=O)Cn1cc(CN2CCN(CC(=O)O)CCN(CC(=O)O)CC2)nn1. The number of aromatic nitrogens is 3. The smallest absolute Gasteiger partial charge is 0.317 e. The Bertz CT molecular complexity index is 641. The van der Waals surface area contributed by atoms with Gasteiger partial charge in [-0.3, -0.25) is 24.3 Å². The van der Waals surface area contributed by atoms with Gasteiger partial charge in [0, 0.05) is 45.8 Å². The van der Waals surface area contributed by atoms with E-state index in [1.165, 1.54) is 4.68 Å². The molecule has 2 rings (SSSR count). The van der Waals surface area contributed by atoms with E-state index in [0.29, 0.717) is 51.5 Å². The highest BCUT2D eigenvalue weighted by atomic mass is 16.4. The lowest BCUT2D eigenvalue weighted by Crippen LogP contribution is -2.40. The van der Waals surface area contributed by atoms with Crippen LogP contribution in [-0.4, -0.2) is 110 Å². The molecule has 0 saturated carbocycles. The number of carboxylic acids is 2. The molecule has 0 aromatic carbocycles. The van der Waals surface area contributed by atoms with Crippen molar-refractivity contribution in [2.24, 2.45) is 0 Å². The van der Waals surface area contributed by atoms with Crippen LogP contribution in [0.3, 0.4) is 0 Å². The van der Waals surface area contributed by atoms with E-state index >= 15 is 0 Å². The van der Waals surface area contributed by atoms with E-state index < -0.39 is 18.2 Å². The predicted octanol–water partition coefficient (Wildman–Crippen LogP) is -1.93. The molecule has 2 heterocycles. The molecular formula is C15H24N6O5. The van der Waals surface area contributed by atoms with Crippen LogP contribution in [-0.2, 0) is 27.5 Å². The van der Waals surface area contributed by atoms with Crippen LogP contribution in [0.4, 0.5) is 0 Å². The minimum absolute atomic E-state index is 0.101. The first-order chi connectivity index (χ1) is 12.8. The van der Waals surface area contributed by atoms with Gasteiger partial charge in [0.05, 0.1) is 31.5 Å². The Kier molecular flexibility index (Phi) is 7.05. The highest BCUT2D eigenvalue weighted by Gasteiger charge is 2.20. The summed E-state index contributed by atoms with van der Waals surface area (Å²) in [5.41, 5.74) is 0.630. The van der Waals surface area contributed by atoms with Crippen molar-refractivity contribution in [3.63, 3.8) is 0 Å². The lowest BCUT2D eigenvalue weighted by molar-refractivity contribution is -0.140. The first kappa shape index (κ1) is 18.4. The Labute approximate surface area is 152 Å². The van der Waals surface area contributed by atoms with Gasteiger partial charge in [-0.15, -0.1) is 5.10 Å². The molecule has 0 amide bonds. The summed E-state index contributed by atoms with van der Waals surface area (Å²) in [6.45, 7) is 3.30. The minimum atomic E-state index is -0.923. The van der Waals surface area contributed by atoms with Crippen LogP contribution in [0.5, 0.6) is 0 Å². The van der Waals surface area contributed by atoms with Gasteiger partial charge in [-0.1, -0.05) is 5.21 Å². The number of aliphatic carboxylic acids is 2. The number of hydrogen-bond donors (Lipinski definition) is 2. The highest BCUT2D eigenvalue weighted by molar-refractivity contribution is 5.69. The van der Waals surface area contributed by atoms with E-state index in [1.807, 2.05) is 4.90 Å². The standard InChI is InChI=1S/C15H24N6O5/c22-8-7-21-10-13(16-17-21)9-18-1-3-19(11-14(23)24)5-6-20(4-2-18)12-15(25)26/h8,10H,1-7,9,11-12H2,(H,23,24)(H,25,26)/i8D. The van der Waals surface area contributed by atoms with Crippen molar-refractivity contribution in [1.29, 1.82) is 0 Å². The van der Waals surface area contributed by atoms with Crippen LogP contribution in [0.1, 0.15) is 7.06 Å². The molecule has 144 valence electrons. The molecule has 1 fully saturated rings. The van der Waals surface area contributed by atoms with Crippen LogP contribution in [0.25, 0.3) is 0 Å². The molecular weight excluding hydrogens is 344 g/mol. The number of carbonyl (C=O) groups is 3. The molecule has 0 atom stereocenters. The normalized spacial score (nSPS) is 18.5. The molecule has 11 nitrogen and oxygen atoms in total. The molecule has 0 bridgehead atoms. The second-order valence-corrected chi connectivity index (χ2v) is 6.17. The average Bonchev–Trinajstić information content (AvgIpc) is 3.00. The van der Waals surface area contributed by atoms with Gasteiger partial charge in [0.1, 0.15) is 7.63 Å². The van der Waals surface area contributed by atoms with Crippen LogP contribution in [0.2, 0.25) is 0 Å². The lowest BCUT2D eigenvalue weighted by Gasteiger charge is -2.24. The molecule has 0 aliphatic carbocycles. The molecule has 1 saturated heterocycles. The van der Waals surface area contributed by atoms with E-state index in [4.69, 9.17) is 11.6 Å². The van der Waals surface area contributed by atoms with Crippen molar-refractivity contribution >= 4 is 18.2 Å². The van der Waals surface area contributed by atoms with E-state index in [-0.39, 0.29) is 19.6 Å². The Balaban J connectivity index is 2.02. The van der Waals surface area contributed by atoms with E-state index in [1.54, 1.807) is 16.0 Å². The summed E-state index contributed by atoms with van der Waals surface area (Å²) in [7, 11) is 0. The number of carbonyl (C=O) groups excluding carboxylic acids is 1. The first-order valence-corrected chi connectivity index (χ1v) is 8.31. The Morgan fingerprint density at radius 2 is 1.54 bits per heavy atom. The largest absolute Gasteiger partial charge is 0.480 e. The topological polar surface area (TPSA) is 132 Å². The molecule has 0 radical (unpaired) electrons. The molecule has 0 unspecified atom stereocenters. The summed E-state index contributed by atoms with van der Waals surface area (Å²) in [4.78, 5) is 38.6. The molecule has 2 N–H and O–H groups in total. The molecule has 1 aromatic rings. The van der Waals surface area contributed by atoms with Crippen LogP contribution >= 0.6 is 0 Å². The maximum atomic E-state index is 11.0. The summed E-state index contributed by atoms with van der Waals surface area (Å²) < 4.78 is 8.27. The quantitative estimate of drug-likeness (QED) is 0.499. The van der Waals surface area contributed by atoms with Gasteiger partial charge in [-0.05, 0) is 0 Å². The fourth-order valence-corrected chi connectivity index (χ4v) is 2.82. The number of aldehydes is 1. The van der Waals surface area contributed by atoms with Gasteiger partial charge in [0.25, 0.3) is 0 Å². The molecule has 11 heteroatoms. The Hall–Kier alpha value is -2.37. The van der Waals surface area contributed by atoms with Gasteiger partial charge in [0.15, 0.2) is 0 Å². The van der Waals surface area contributed by atoms with Crippen molar-refractivity contribution in [3.05, 3.63) is 11.9 Å². The fraction of sp³-hybridized carbons (Fsp3) is 0.667. The second-order valence-electron chi connectivity index (χ2n) is 6.17. The van der Waals surface area contributed by atoms with Gasteiger partial charge < -0.3 is 15.0 Å². The third kappa shape index (κ3) is 6.86. The van der Waals surface area contributed by atoms with Crippen molar-refractivity contribution in [3.8, 4) is 0 Å². The summed E-state index contributed by atoms with van der Waals surface area (Å²) >= 11 is 0. The van der Waals surface area contributed by atoms with E-state index in [2.05, 4.69) is 10.3 Å². The molecule has 1 aliphatic rings. The average molecular weight is 369 g/mol. The van der Waals surface area contributed by atoms with Crippen LogP contribution in [0.15, 0.2) is 6.20 Å². The van der Waals surface area contributed by atoms with Crippen LogP contribution < -0.4 is 0 Å². The summed E-state index contributed by atoms with van der Waals surface area (Å²) in [6.07, 6.45) is 0.839. The Morgan fingerprint density at radius 1 is 1.04 bits per heavy atom. The Morgan fingerprint density at radius 3 is 2.00 bits per heavy atom. The van der Waals surface area contributed by atoms with Gasteiger partial charge in [0.2, 0.25) is 0 Å². The van der Waals surface area contributed by atoms with Gasteiger partial charge >= 0.3 is 11.9 Å². The monoisotopic (exact) mass is 369 g/mol. The zero-order valence-corrected chi connectivity index (χ0v) is 14.5. The fourth-order valence-electron chi connectivity index (χ4n) is 2.82. The van der Waals surface area contributed by atoms with Crippen molar-refractivity contribution in [2.75, 3.05) is 52.4 Å². The molecule has 26 heavy (non-hydrogen) atoms. The zero-order valence-electron chi connectivity index (χ0n) is 15.5. The molecule has 0 spiro atoms. The first-order valence-electron chi connectivity index (χ1n) is 8.81. The number of carboxylic acid groups (broad SMARTS) is 2. The van der Waals surface area contributed by atoms with Crippen molar-refractivity contribution < 1.29 is 26.0 Å². The number of rotatable bonds is 8. The third-order valence-electron chi connectivity index (χ3n) is 4.11. The van der Waals surface area contributed by atoms with E-state index in [9.17, 15) is 14.4 Å². The lowest BCUT2D eigenvalue weighted by atomic mass is 10.3. The van der Waals surface area contributed by atoms with E-state index in [0.717, 1.165) is 0 Å². The minimum Gasteiger partial charge on any atom is -0.480 e. The number of hydrogen-bond acceptors (Lipinski definition) is 8. The highest BCUT2D eigenvalue weighted by Crippen LogP contribution is 2.05. The molecule has 1 aliphatic heterocycles. The van der Waals surface area contributed by atoms with Crippen molar-refractivity contribution in [1.82, 2.24) is 29.7 Å². The second kappa shape index (κ2) is 9.94. The summed E-state index contributed by atoms with van der Waals surface area (Å²) in [5.74, 6) is -1.85. The summed E-state index contributed by atoms with van der Waals surface area (Å²) in [5, 5.41) is 25.9. The van der Waals surface area contributed by atoms with Gasteiger partial charge in [-0.2, -0.15) is 0 Å². The zero-order chi connectivity index (χ0) is 19.8. The predicted molar refractivity (Wildman–Crippen MR) is 89.5 cm³/mol.